The van der Waals surface area contributed by atoms with Crippen LogP contribution in [-0.2, 0) is 11.3 Å². The van der Waals surface area contributed by atoms with E-state index in [1.165, 1.54) is 5.69 Å². The van der Waals surface area contributed by atoms with Gasteiger partial charge in [0, 0.05) is 31.5 Å². The number of rotatable bonds is 2. The number of aromatic nitrogens is 2. The summed E-state index contributed by atoms with van der Waals surface area (Å²) >= 11 is 0. The molecule has 1 unspecified atom stereocenters. The summed E-state index contributed by atoms with van der Waals surface area (Å²) < 4.78 is 5.46. The van der Waals surface area contributed by atoms with Crippen molar-refractivity contribution in [2.45, 2.75) is 19.6 Å². The van der Waals surface area contributed by atoms with Crippen LogP contribution in [0.2, 0.25) is 0 Å². The molecule has 4 nitrogen and oxygen atoms in total. The molecule has 0 aliphatic carbocycles. The van der Waals surface area contributed by atoms with Gasteiger partial charge < -0.3 is 4.74 Å². The molecule has 0 bridgehead atoms. The quantitative estimate of drug-likeness (QED) is 0.727. The van der Waals surface area contributed by atoms with Crippen LogP contribution in [0.5, 0.6) is 0 Å². The van der Waals surface area contributed by atoms with Crippen LogP contribution in [0.15, 0.2) is 12.3 Å². The van der Waals surface area contributed by atoms with Gasteiger partial charge in [-0.2, -0.15) is 5.10 Å². The van der Waals surface area contributed by atoms with Crippen molar-refractivity contribution in [3.05, 3.63) is 18.0 Å². The molecule has 0 spiro atoms. The molecule has 2 heterocycles. The van der Waals surface area contributed by atoms with Crippen LogP contribution in [0.3, 0.4) is 0 Å². The molecule has 2 rings (SSSR count). The van der Waals surface area contributed by atoms with E-state index in [0.717, 1.165) is 26.2 Å². The highest BCUT2D eigenvalue weighted by atomic mass is 16.5. The average Bonchev–Trinajstić information content (AvgIpc) is 2.57. The first-order valence-corrected chi connectivity index (χ1v) is 4.67. The largest absolute Gasteiger partial charge is 0.376 e. The fourth-order valence-electron chi connectivity index (χ4n) is 1.65. The van der Waals surface area contributed by atoms with Gasteiger partial charge in [-0.1, -0.05) is 0 Å². The first-order valence-electron chi connectivity index (χ1n) is 4.67. The summed E-state index contributed by atoms with van der Waals surface area (Å²) in [5.74, 6) is 0. The molecule has 13 heavy (non-hydrogen) atoms. The number of nitrogens with zero attached hydrogens (tertiary/aromatic N) is 2. The van der Waals surface area contributed by atoms with Gasteiger partial charge in [0.2, 0.25) is 0 Å². The topological polar surface area (TPSA) is 41.2 Å². The van der Waals surface area contributed by atoms with Crippen LogP contribution in [0.1, 0.15) is 12.6 Å². The summed E-state index contributed by atoms with van der Waals surface area (Å²) in [4.78, 5) is 2.38. The maximum absolute atomic E-state index is 5.46. The van der Waals surface area contributed by atoms with Crippen LogP contribution in [0.25, 0.3) is 0 Å². The molecule has 0 radical (unpaired) electrons. The van der Waals surface area contributed by atoms with E-state index in [1.807, 2.05) is 6.07 Å². The lowest BCUT2D eigenvalue weighted by Gasteiger charge is -2.30. The van der Waals surface area contributed by atoms with Crippen LogP contribution in [0, 0.1) is 0 Å². The summed E-state index contributed by atoms with van der Waals surface area (Å²) in [5, 5.41) is 6.89. The van der Waals surface area contributed by atoms with Gasteiger partial charge in [-0.05, 0) is 13.0 Å². The monoisotopic (exact) mass is 181 g/mol. The molecule has 1 aromatic heterocycles. The van der Waals surface area contributed by atoms with E-state index >= 15 is 0 Å². The number of aromatic amines is 1. The van der Waals surface area contributed by atoms with E-state index in [1.54, 1.807) is 6.20 Å². The normalized spacial score (nSPS) is 24.8. The molecule has 0 saturated carbocycles. The Balaban J connectivity index is 1.87. The first kappa shape index (κ1) is 8.72. The van der Waals surface area contributed by atoms with Gasteiger partial charge in [-0.25, -0.2) is 0 Å². The van der Waals surface area contributed by atoms with Crippen molar-refractivity contribution in [2.24, 2.45) is 0 Å². The third kappa shape index (κ3) is 2.29. The number of hydrogen-bond donors (Lipinski definition) is 1. The predicted octanol–water partition coefficient (Wildman–Crippen LogP) is 0.630. The molecule has 0 amide bonds. The van der Waals surface area contributed by atoms with Gasteiger partial charge in [0.25, 0.3) is 0 Å². The second-order valence-electron chi connectivity index (χ2n) is 3.50. The van der Waals surface area contributed by atoms with Crippen molar-refractivity contribution in [3.8, 4) is 0 Å². The summed E-state index contributed by atoms with van der Waals surface area (Å²) in [5.41, 5.74) is 1.18. The maximum Gasteiger partial charge on any atom is 0.0674 e. The van der Waals surface area contributed by atoms with Crippen molar-refractivity contribution < 1.29 is 4.74 Å². The zero-order valence-electron chi connectivity index (χ0n) is 7.86. The molecule has 72 valence electrons. The Morgan fingerprint density at radius 1 is 1.77 bits per heavy atom. The standard InChI is InChI=1S/C9H15N3O/c1-8-6-12(4-5-13-8)7-9-2-3-10-11-9/h2-3,8H,4-7H2,1H3,(H,10,11). The zero-order chi connectivity index (χ0) is 9.10. The van der Waals surface area contributed by atoms with E-state index in [-0.39, 0.29) is 0 Å². The highest BCUT2D eigenvalue weighted by molar-refractivity contribution is 4.97. The maximum atomic E-state index is 5.46. The summed E-state index contributed by atoms with van der Waals surface area (Å²) in [6.45, 7) is 5.94. The van der Waals surface area contributed by atoms with Crippen molar-refractivity contribution in [2.75, 3.05) is 19.7 Å². The second kappa shape index (κ2) is 3.89. The Bertz CT molecular complexity index is 247. The predicted molar refractivity (Wildman–Crippen MR) is 49.3 cm³/mol. The average molecular weight is 181 g/mol. The van der Waals surface area contributed by atoms with E-state index in [0.29, 0.717) is 6.10 Å². The van der Waals surface area contributed by atoms with Crippen molar-refractivity contribution >= 4 is 0 Å². The summed E-state index contributed by atoms with van der Waals surface area (Å²) in [6.07, 6.45) is 2.15. The van der Waals surface area contributed by atoms with Crippen molar-refractivity contribution in [1.82, 2.24) is 15.1 Å². The molecule has 1 N–H and O–H groups in total. The molecule has 1 aliphatic heterocycles. The van der Waals surface area contributed by atoms with Crippen molar-refractivity contribution in [1.29, 1.82) is 0 Å². The molecule has 1 aliphatic rings. The fraction of sp³-hybridized carbons (Fsp3) is 0.667. The minimum atomic E-state index is 0.358. The Morgan fingerprint density at radius 3 is 3.38 bits per heavy atom. The Labute approximate surface area is 77.9 Å². The van der Waals surface area contributed by atoms with Gasteiger partial charge in [-0.15, -0.1) is 0 Å². The molecular formula is C9H15N3O. The van der Waals surface area contributed by atoms with E-state index in [4.69, 9.17) is 4.74 Å². The third-order valence-electron chi connectivity index (χ3n) is 2.28. The molecular weight excluding hydrogens is 166 g/mol. The Kier molecular flexibility index (Phi) is 2.61. The SMILES string of the molecule is CC1CN(Cc2ccn[nH]2)CCO1. The Hall–Kier alpha value is -0.870. The number of H-pyrrole nitrogens is 1. The molecule has 1 atom stereocenters. The van der Waals surface area contributed by atoms with Gasteiger partial charge in [0.15, 0.2) is 0 Å². The van der Waals surface area contributed by atoms with Gasteiger partial charge in [0.05, 0.1) is 12.7 Å². The lowest BCUT2D eigenvalue weighted by molar-refractivity contribution is -0.0215. The molecule has 1 aromatic rings. The fourth-order valence-corrected chi connectivity index (χ4v) is 1.65. The number of hydrogen-bond acceptors (Lipinski definition) is 3. The van der Waals surface area contributed by atoms with Crippen LogP contribution >= 0.6 is 0 Å². The molecule has 1 saturated heterocycles. The minimum absolute atomic E-state index is 0.358. The van der Waals surface area contributed by atoms with Gasteiger partial charge in [-0.3, -0.25) is 10.00 Å². The molecule has 4 heteroatoms. The zero-order valence-corrected chi connectivity index (χ0v) is 7.86. The van der Waals surface area contributed by atoms with Crippen LogP contribution < -0.4 is 0 Å². The second-order valence-corrected chi connectivity index (χ2v) is 3.50. The van der Waals surface area contributed by atoms with Gasteiger partial charge >= 0.3 is 0 Å². The van der Waals surface area contributed by atoms with E-state index in [2.05, 4.69) is 22.0 Å². The number of morpholine rings is 1. The van der Waals surface area contributed by atoms with E-state index in [9.17, 15) is 0 Å². The third-order valence-corrected chi connectivity index (χ3v) is 2.28. The smallest absolute Gasteiger partial charge is 0.0674 e. The molecule has 0 aromatic carbocycles. The Morgan fingerprint density at radius 2 is 2.69 bits per heavy atom. The van der Waals surface area contributed by atoms with Crippen molar-refractivity contribution in [3.63, 3.8) is 0 Å². The summed E-state index contributed by atoms with van der Waals surface area (Å²) in [7, 11) is 0. The van der Waals surface area contributed by atoms with Crippen LogP contribution in [0.4, 0.5) is 0 Å². The number of nitrogens with one attached hydrogen (secondary N) is 1. The summed E-state index contributed by atoms with van der Waals surface area (Å²) in [6, 6.07) is 2.01. The van der Waals surface area contributed by atoms with E-state index < -0.39 is 0 Å². The minimum Gasteiger partial charge on any atom is -0.376 e. The highest BCUT2D eigenvalue weighted by Crippen LogP contribution is 2.07. The number of ether oxygens (including phenoxy) is 1. The lowest BCUT2D eigenvalue weighted by Crippen LogP contribution is -2.40. The lowest BCUT2D eigenvalue weighted by atomic mass is 10.3. The van der Waals surface area contributed by atoms with Crippen LogP contribution in [-0.4, -0.2) is 40.9 Å². The van der Waals surface area contributed by atoms with Gasteiger partial charge in [0.1, 0.15) is 0 Å². The molecule has 1 fully saturated rings. The highest BCUT2D eigenvalue weighted by Gasteiger charge is 2.16. The first-order chi connectivity index (χ1) is 6.34.